The molecule has 0 aromatic carbocycles. The highest BCUT2D eigenvalue weighted by atomic mass is 35.5. The Bertz CT molecular complexity index is 180. The summed E-state index contributed by atoms with van der Waals surface area (Å²) in [6, 6.07) is 0. The molecular weight excluding hydrogens is 228 g/mol. The van der Waals surface area contributed by atoms with Crippen molar-refractivity contribution in [3.8, 4) is 0 Å². The summed E-state index contributed by atoms with van der Waals surface area (Å²) >= 11 is 6.27. The van der Waals surface area contributed by atoms with Crippen molar-refractivity contribution in [2.24, 2.45) is 11.3 Å². The Morgan fingerprint density at radius 2 is 1.65 bits per heavy atom. The van der Waals surface area contributed by atoms with E-state index in [-0.39, 0.29) is 0 Å². The highest BCUT2D eigenvalue weighted by Gasteiger charge is 2.33. The summed E-state index contributed by atoms with van der Waals surface area (Å²) in [5.74, 6) is 1.91. The van der Waals surface area contributed by atoms with E-state index in [9.17, 15) is 0 Å². The lowest BCUT2D eigenvalue weighted by Crippen LogP contribution is -2.29. The monoisotopic (exact) mass is 258 g/mol. The molecule has 102 valence electrons. The van der Waals surface area contributed by atoms with Gasteiger partial charge >= 0.3 is 0 Å². The Labute approximate surface area is 114 Å². The Morgan fingerprint density at radius 3 is 2.18 bits per heavy atom. The van der Waals surface area contributed by atoms with Crippen LogP contribution in [0.3, 0.4) is 0 Å². The third kappa shape index (κ3) is 5.20. The molecule has 0 bridgehead atoms. The highest BCUT2D eigenvalue weighted by Crippen LogP contribution is 2.44. The lowest BCUT2D eigenvalue weighted by molar-refractivity contribution is 0.151. The van der Waals surface area contributed by atoms with E-state index in [4.69, 9.17) is 11.6 Å². The van der Waals surface area contributed by atoms with Crippen LogP contribution in [0.15, 0.2) is 0 Å². The van der Waals surface area contributed by atoms with Gasteiger partial charge in [0.25, 0.3) is 0 Å². The Kier molecular flexibility index (Phi) is 7.59. The summed E-state index contributed by atoms with van der Waals surface area (Å²) in [6.07, 6.45) is 15.4. The maximum atomic E-state index is 6.27. The van der Waals surface area contributed by atoms with Crippen LogP contribution >= 0.6 is 11.6 Å². The number of hydrogen-bond acceptors (Lipinski definition) is 0. The molecule has 1 heteroatoms. The summed E-state index contributed by atoms with van der Waals surface area (Å²) in [6.45, 7) is 4.59. The van der Waals surface area contributed by atoms with Crippen molar-refractivity contribution >= 4 is 11.6 Å². The molecule has 0 aromatic rings. The second-order valence-electron chi connectivity index (χ2n) is 6.18. The fourth-order valence-electron chi connectivity index (χ4n) is 3.27. The second kappa shape index (κ2) is 8.40. The molecule has 0 nitrogen and oxygen atoms in total. The van der Waals surface area contributed by atoms with E-state index in [1.54, 1.807) is 0 Å². The van der Waals surface area contributed by atoms with Crippen molar-refractivity contribution in [3.05, 3.63) is 0 Å². The van der Waals surface area contributed by atoms with Crippen molar-refractivity contribution < 1.29 is 0 Å². The maximum absolute atomic E-state index is 6.27. The van der Waals surface area contributed by atoms with Crippen molar-refractivity contribution in [2.75, 3.05) is 5.88 Å². The average Bonchev–Trinajstić information content (AvgIpc) is 2.38. The van der Waals surface area contributed by atoms with E-state index in [1.165, 1.54) is 70.6 Å². The molecule has 1 fully saturated rings. The maximum Gasteiger partial charge on any atom is 0.0280 e. The van der Waals surface area contributed by atoms with Gasteiger partial charge in [-0.15, -0.1) is 11.6 Å². The summed E-state index contributed by atoms with van der Waals surface area (Å²) < 4.78 is 0. The molecule has 0 N–H and O–H groups in total. The van der Waals surface area contributed by atoms with E-state index < -0.39 is 0 Å². The topological polar surface area (TPSA) is 0 Å². The largest absolute Gasteiger partial charge is 0.126 e. The minimum absolute atomic E-state index is 0.513. The van der Waals surface area contributed by atoms with Crippen molar-refractivity contribution in [3.63, 3.8) is 0 Å². The highest BCUT2D eigenvalue weighted by molar-refractivity contribution is 6.18. The first-order chi connectivity index (χ1) is 8.26. The molecule has 0 aliphatic heterocycles. The molecule has 0 amide bonds. The molecule has 0 saturated heterocycles. The molecular formula is C16H31Cl. The van der Waals surface area contributed by atoms with Crippen LogP contribution in [-0.4, -0.2) is 5.88 Å². The molecule has 17 heavy (non-hydrogen) atoms. The number of unbranched alkanes of at least 4 members (excludes halogenated alkanes) is 3. The minimum Gasteiger partial charge on any atom is -0.126 e. The standard InChI is InChI=1S/C16H31Cl/c1-3-5-7-11-16(14-17)12-9-15(10-13-16)8-6-4-2/h15H,3-14H2,1-2H3. The van der Waals surface area contributed by atoms with Crippen LogP contribution in [0, 0.1) is 11.3 Å². The van der Waals surface area contributed by atoms with E-state index in [1.807, 2.05) is 0 Å². The summed E-state index contributed by atoms with van der Waals surface area (Å²) in [5.41, 5.74) is 0.513. The van der Waals surface area contributed by atoms with Gasteiger partial charge in [-0.2, -0.15) is 0 Å². The van der Waals surface area contributed by atoms with Crippen molar-refractivity contribution in [2.45, 2.75) is 84.5 Å². The van der Waals surface area contributed by atoms with Gasteiger partial charge in [0.1, 0.15) is 0 Å². The third-order valence-corrected chi connectivity index (χ3v) is 5.29. The molecule has 0 spiro atoms. The molecule has 1 saturated carbocycles. The number of hydrogen-bond donors (Lipinski definition) is 0. The minimum atomic E-state index is 0.513. The van der Waals surface area contributed by atoms with Gasteiger partial charge in [0.2, 0.25) is 0 Å². The molecule has 0 atom stereocenters. The van der Waals surface area contributed by atoms with Gasteiger partial charge in [-0.05, 0) is 43.4 Å². The quantitative estimate of drug-likeness (QED) is 0.361. The molecule has 0 radical (unpaired) electrons. The van der Waals surface area contributed by atoms with Crippen LogP contribution in [0.25, 0.3) is 0 Å². The third-order valence-electron chi connectivity index (χ3n) is 4.73. The fourth-order valence-corrected chi connectivity index (χ4v) is 3.67. The Hall–Kier alpha value is 0.290. The van der Waals surface area contributed by atoms with Gasteiger partial charge in [0, 0.05) is 5.88 Å². The molecule has 1 aliphatic carbocycles. The normalized spacial score (nSPS) is 29.5. The van der Waals surface area contributed by atoms with Crippen LogP contribution in [0.4, 0.5) is 0 Å². The molecule has 0 aromatic heterocycles. The SMILES string of the molecule is CCCCCC1(CCl)CCC(CCCC)CC1. The van der Waals surface area contributed by atoms with Crippen molar-refractivity contribution in [1.29, 1.82) is 0 Å². The zero-order valence-electron chi connectivity index (χ0n) is 11.9. The van der Waals surface area contributed by atoms with Crippen LogP contribution < -0.4 is 0 Å². The van der Waals surface area contributed by atoms with Crippen LogP contribution in [0.5, 0.6) is 0 Å². The molecule has 1 rings (SSSR count). The van der Waals surface area contributed by atoms with Gasteiger partial charge in [-0.1, -0.05) is 52.4 Å². The smallest absolute Gasteiger partial charge is 0.0280 e. The van der Waals surface area contributed by atoms with E-state index in [0.29, 0.717) is 5.41 Å². The van der Waals surface area contributed by atoms with Crippen LogP contribution in [0.1, 0.15) is 84.5 Å². The zero-order chi connectivity index (χ0) is 12.6. The Balaban J connectivity index is 2.29. The molecule has 1 aliphatic rings. The first-order valence-corrected chi connectivity index (χ1v) is 8.35. The summed E-state index contributed by atoms with van der Waals surface area (Å²) in [7, 11) is 0. The van der Waals surface area contributed by atoms with Gasteiger partial charge in [0.15, 0.2) is 0 Å². The first-order valence-electron chi connectivity index (χ1n) is 7.82. The van der Waals surface area contributed by atoms with Gasteiger partial charge in [-0.25, -0.2) is 0 Å². The number of alkyl halides is 1. The van der Waals surface area contributed by atoms with Crippen LogP contribution in [-0.2, 0) is 0 Å². The second-order valence-corrected chi connectivity index (χ2v) is 6.44. The van der Waals surface area contributed by atoms with Crippen LogP contribution in [0.2, 0.25) is 0 Å². The predicted molar refractivity (Wildman–Crippen MR) is 78.8 cm³/mol. The lowest BCUT2D eigenvalue weighted by Gasteiger charge is -2.39. The fraction of sp³-hybridized carbons (Fsp3) is 1.00. The van der Waals surface area contributed by atoms with Gasteiger partial charge < -0.3 is 0 Å². The first kappa shape index (κ1) is 15.3. The molecule has 0 unspecified atom stereocenters. The number of rotatable bonds is 8. The van der Waals surface area contributed by atoms with E-state index in [2.05, 4.69) is 13.8 Å². The number of halogens is 1. The summed E-state index contributed by atoms with van der Waals surface area (Å²) in [5, 5.41) is 0. The lowest BCUT2D eigenvalue weighted by atomic mass is 9.68. The van der Waals surface area contributed by atoms with Gasteiger partial charge in [-0.3, -0.25) is 0 Å². The average molecular weight is 259 g/mol. The van der Waals surface area contributed by atoms with E-state index >= 15 is 0 Å². The van der Waals surface area contributed by atoms with E-state index in [0.717, 1.165) is 11.8 Å². The summed E-state index contributed by atoms with van der Waals surface area (Å²) in [4.78, 5) is 0. The van der Waals surface area contributed by atoms with Crippen molar-refractivity contribution in [1.82, 2.24) is 0 Å². The Morgan fingerprint density at radius 1 is 1.00 bits per heavy atom. The predicted octanol–water partition coefficient (Wildman–Crippen LogP) is 6.17. The zero-order valence-corrected chi connectivity index (χ0v) is 12.7. The molecule has 0 heterocycles. The van der Waals surface area contributed by atoms with Gasteiger partial charge in [0.05, 0.1) is 0 Å².